The van der Waals surface area contributed by atoms with Crippen molar-refractivity contribution in [2.45, 2.75) is 27.7 Å². The topological polar surface area (TPSA) is 214 Å². The van der Waals surface area contributed by atoms with Crippen molar-refractivity contribution in [2.75, 3.05) is 78.2 Å². The Bertz CT molecular complexity index is 972. The average molecular weight is 833 g/mol. The predicted octanol–water partition coefficient (Wildman–Crippen LogP) is -0.169. The van der Waals surface area contributed by atoms with E-state index in [2.05, 4.69) is 63.4 Å². The van der Waals surface area contributed by atoms with Gasteiger partial charge in [-0.25, -0.2) is 0 Å². The van der Waals surface area contributed by atoms with Gasteiger partial charge in [0, 0.05) is 121 Å². The molecule has 0 saturated heterocycles. The lowest BCUT2D eigenvalue weighted by atomic mass is 10.3. The van der Waals surface area contributed by atoms with E-state index in [0.717, 1.165) is 0 Å². The lowest BCUT2D eigenvalue weighted by Gasteiger charge is -2.05. The van der Waals surface area contributed by atoms with Crippen molar-refractivity contribution in [3.63, 3.8) is 0 Å². The Balaban J connectivity index is -0.000000127. The maximum absolute atomic E-state index is 9.56. The molecule has 0 spiro atoms. The molecule has 0 rings (SSSR count). The molecule has 24 heteroatoms. The van der Waals surface area contributed by atoms with Crippen molar-refractivity contribution in [3.05, 3.63) is 0 Å². The van der Waals surface area contributed by atoms with Crippen LogP contribution in [0.4, 0.5) is 0 Å². The van der Waals surface area contributed by atoms with Crippen LogP contribution < -0.4 is 43.0 Å². The van der Waals surface area contributed by atoms with Gasteiger partial charge in [0.05, 0.1) is 22.8 Å². The van der Waals surface area contributed by atoms with E-state index >= 15 is 0 Å². The summed E-state index contributed by atoms with van der Waals surface area (Å²) in [5.41, 5.74) is 13.5. The zero-order valence-corrected chi connectivity index (χ0v) is 37.2. The molecule has 16 nitrogen and oxygen atoms in total. The Hall–Kier alpha value is -1.96. The van der Waals surface area contributed by atoms with Gasteiger partial charge in [-0.15, -0.1) is 0 Å². The number of rotatable bonds is 6. The maximum Gasteiger partial charge on any atom is 0.186 e. The van der Waals surface area contributed by atoms with E-state index in [1.54, 1.807) is 78.2 Å². The van der Waals surface area contributed by atoms with E-state index in [1.807, 2.05) is 27.7 Å². The van der Waals surface area contributed by atoms with Crippen molar-refractivity contribution >= 4 is 135 Å². The highest BCUT2D eigenvalue weighted by molar-refractivity contribution is 7.84. The largest absolute Gasteiger partial charge is 0.364 e. The van der Waals surface area contributed by atoms with Crippen LogP contribution in [0.25, 0.3) is 0 Å². The maximum atomic E-state index is 9.56. The second-order valence-corrected chi connectivity index (χ2v) is 16.1. The van der Waals surface area contributed by atoms with Gasteiger partial charge in [-0.05, 0) is 76.6 Å². The zero-order valence-electron chi connectivity index (χ0n) is 30.7. The van der Waals surface area contributed by atoms with Crippen LogP contribution in [0, 0.1) is 0 Å². The second-order valence-electron chi connectivity index (χ2n) is 8.52. The molecule has 0 unspecified atom stereocenters. The third-order valence-corrected chi connectivity index (χ3v) is 4.44. The minimum atomic E-state index is -0.611. The van der Waals surface area contributed by atoms with Crippen molar-refractivity contribution in [1.29, 1.82) is 0 Å². The fourth-order valence-corrected chi connectivity index (χ4v) is 1.27. The number of hydrazone groups is 4. The number of thiocarbonyl (C=S) groups is 4. The third kappa shape index (κ3) is 70.4. The lowest BCUT2D eigenvalue weighted by Crippen LogP contribution is -2.31. The molecule has 0 aliphatic carbocycles. The Morgan fingerprint density at radius 2 is 0.479 bits per heavy atom. The molecular formula is C24H56N12O4S8. The van der Waals surface area contributed by atoms with Crippen LogP contribution in [0.15, 0.2) is 20.4 Å². The SMILES string of the molecule is CNC(=S)N/N=C(C)/C(C)=N/NC(=S)NC.CNC(=S)N/N=C(C)/C(C)=N/NC(=S)NC.CS(C)=O.CS(C)=O.CS(C)=O.CS(C)=O. The second kappa shape index (κ2) is 41.2. The summed E-state index contributed by atoms with van der Waals surface area (Å²) in [6.07, 6.45) is 13.1. The minimum Gasteiger partial charge on any atom is -0.364 e. The van der Waals surface area contributed by atoms with Gasteiger partial charge in [0.1, 0.15) is 0 Å². The molecule has 8 N–H and O–H groups in total. The number of nitrogens with zero attached hydrogens (tertiary/aromatic N) is 4. The number of hydrogen-bond donors (Lipinski definition) is 8. The quantitative estimate of drug-likeness (QED) is 0.0992. The van der Waals surface area contributed by atoms with Crippen molar-refractivity contribution in [1.82, 2.24) is 43.0 Å². The van der Waals surface area contributed by atoms with Crippen LogP contribution in [0.1, 0.15) is 27.7 Å². The van der Waals surface area contributed by atoms with Crippen LogP contribution in [0.3, 0.4) is 0 Å². The summed E-state index contributed by atoms with van der Waals surface area (Å²) in [6, 6.07) is 0. The van der Waals surface area contributed by atoms with Gasteiger partial charge in [0.25, 0.3) is 0 Å². The van der Waals surface area contributed by atoms with Crippen LogP contribution in [-0.4, -0.2) is 138 Å². The summed E-state index contributed by atoms with van der Waals surface area (Å²) in [5.74, 6) is 0. The molecule has 0 aliphatic heterocycles. The van der Waals surface area contributed by atoms with Crippen molar-refractivity contribution < 1.29 is 16.8 Å². The lowest BCUT2D eigenvalue weighted by molar-refractivity contribution is 0.689. The van der Waals surface area contributed by atoms with Gasteiger partial charge in [-0.3, -0.25) is 38.5 Å². The molecule has 0 fully saturated rings. The molecule has 0 aromatic carbocycles. The van der Waals surface area contributed by atoms with E-state index in [9.17, 15) is 16.8 Å². The van der Waals surface area contributed by atoms with Gasteiger partial charge in [0.2, 0.25) is 0 Å². The van der Waals surface area contributed by atoms with Gasteiger partial charge in [0.15, 0.2) is 20.4 Å². The Morgan fingerprint density at radius 3 is 0.562 bits per heavy atom. The summed E-state index contributed by atoms with van der Waals surface area (Å²) in [4.78, 5) is 0. The number of hydrogen-bond acceptors (Lipinski definition) is 12. The van der Waals surface area contributed by atoms with E-state index < -0.39 is 43.2 Å². The van der Waals surface area contributed by atoms with Crippen LogP contribution in [-0.2, 0) is 43.2 Å². The minimum absolute atomic E-state index is 0.450. The zero-order chi connectivity index (χ0) is 39.4. The molecule has 0 atom stereocenters. The first-order chi connectivity index (χ1) is 21.9. The number of nitrogens with one attached hydrogen (secondary N) is 8. The van der Waals surface area contributed by atoms with Crippen LogP contribution >= 0.6 is 48.9 Å². The fourth-order valence-electron chi connectivity index (χ4n) is 1.09. The first-order valence-corrected chi connectivity index (χ1v) is 22.5. The molecule has 0 amide bonds. The summed E-state index contributed by atoms with van der Waals surface area (Å²) < 4.78 is 38.2. The van der Waals surface area contributed by atoms with Gasteiger partial charge < -0.3 is 21.3 Å². The molecule has 48 heavy (non-hydrogen) atoms. The average Bonchev–Trinajstić information content (AvgIpc) is 2.98. The monoisotopic (exact) mass is 832 g/mol. The Kier molecular flexibility index (Phi) is 50.0. The molecule has 0 aliphatic rings. The van der Waals surface area contributed by atoms with E-state index in [0.29, 0.717) is 43.3 Å². The molecule has 0 aromatic rings. The molecular weight excluding hydrogens is 777 g/mol. The molecule has 0 saturated carbocycles. The molecule has 0 radical (unpaired) electrons. The highest BCUT2D eigenvalue weighted by Gasteiger charge is 1.99. The fraction of sp³-hybridized carbons (Fsp3) is 0.667. The van der Waals surface area contributed by atoms with Crippen LogP contribution in [0.5, 0.6) is 0 Å². The smallest absolute Gasteiger partial charge is 0.186 e. The van der Waals surface area contributed by atoms with Crippen molar-refractivity contribution in [3.8, 4) is 0 Å². The Labute approximate surface area is 319 Å². The summed E-state index contributed by atoms with van der Waals surface area (Å²) >= 11 is 19.5. The highest BCUT2D eigenvalue weighted by atomic mass is 32.2. The summed E-state index contributed by atoms with van der Waals surface area (Å²) in [6.45, 7) is 7.25. The van der Waals surface area contributed by atoms with E-state index in [4.69, 9.17) is 48.9 Å². The van der Waals surface area contributed by atoms with Gasteiger partial charge in [-0.2, -0.15) is 20.4 Å². The van der Waals surface area contributed by atoms with Gasteiger partial charge in [-0.1, -0.05) is 0 Å². The predicted molar refractivity (Wildman–Crippen MR) is 232 cm³/mol. The standard InChI is InChI=1S/2C8H16N6S2.4C2H6OS/c2*1-5(11-13-7(15)9-3)6(2)12-14-8(16)10-4;4*1-4(2)3/h2*1-4H3,(H2,9,13,15)(H2,10,14,16);4*1-2H3/b2*11-5+,12-6+;;;;. The van der Waals surface area contributed by atoms with Crippen LogP contribution in [0.2, 0.25) is 0 Å². The highest BCUT2D eigenvalue weighted by Crippen LogP contribution is 1.83. The molecule has 0 aromatic heterocycles. The van der Waals surface area contributed by atoms with Gasteiger partial charge >= 0.3 is 0 Å². The van der Waals surface area contributed by atoms with E-state index in [1.165, 1.54) is 0 Å². The molecule has 0 heterocycles. The summed E-state index contributed by atoms with van der Waals surface area (Å²) in [7, 11) is 4.42. The van der Waals surface area contributed by atoms with E-state index in [-0.39, 0.29) is 0 Å². The normalized spacial score (nSPS) is 10.8. The first kappa shape index (κ1) is 58.3. The first-order valence-electron chi connectivity index (χ1n) is 13.0. The Morgan fingerprint density at radius 1 is 0.375 bits per heavy atom. The van der Waals surface area contributed by atoms with Crippen molar-refractivity contribution in [2.24, 2.45) is 20.4 Å². The third-order valence-electron chi connectivity index (χ3n) is 3.26. The molecule has 0 bridgehead atoms. The molecule has 284 valence electrons. The summed E-state index contributed by atoms with van der Waals surface area (Å²) in [5, 5.41) is 28.9.